The number of aromatic nitrogens is 1. The van der Waals surface area contributed by atoms with Crippen LogP contribution in [0, 0.1) is 17.3 Å². The van der Waals surface area contributed by atoms with Crippen LogP contribution < -0.4 is 5.32 Å². The summed E-state index contributed by atoms with van der Waals surface area (Å²) in [6, 6.07) is 0. The van der Waals surface area contributed by atoms with Crippen LogP contribution >= 0.6 is 11.3 Å². The molecule has 0 radical (unpaired) electrons. The predicted molar refractivity (Wildman–Crippen MR) is 76.9 cm³/mol. The second kappa shape index (κ2) is 5.30. The van der Waals surface area contributed by atoms with Gasteiger partial charge < -0.3 is 5.32 Å². The van der Waals surface area contributed by atoms with Crippen molar-refractivity contribution in [2.45, 2.75) is 45.4 Å². The third-order valence-corrected chi connectivity index (χ3v) is 5.66. The maximum absolute atomic E-state index is 4.53. The summed E-state index contributed by atoms with van der Waals surface area (Å²) in [6.45, 7) is 4.62. The summed E-state index contributed by atoms with van der Waals surface area (Å²) in [6.07, 6.45) is 8.30. The fraction of sp³-hybridized carbons (Fsp3) is 0.800. The van der Waals surface area contributed by atoms with Crippen molar-refractivity contribution in [2.24, 2.45) is 17.3 Å². The Hall–Kier alpha value is -0.410. The van der Waals surface area contributed by atoms with Gasteiger partial charge in [0, 0.05) is 11.9 Å². The summed E-state index contributed by atoms with van der Waals surface area (Å²) < 4.78 is 0. The van der Waals surface area contributed by atoms with Crippen LogP contribution in [0.2, 0.25) is 0 Å². The van der Waals surface area contributed by atoms with Gasteiger partial charge in [0.15, 0.2) is 0 Å². The molecule has 2 saturated carbocycles. The highest BCUT2D eigenvalue weighted by molar-refractivity contribution is 7.07. The lowest BCUT2D eigenvalue weighted by Crippen LogP contribution is -2.40. The Labute approximate surface area is 114 Å². The van der Waals surface area contributed by atoms with E-state index < -0.39 is 0 Å². The SMILES string of the molecule is CCCNCC1(Cc2cscn2)CC2CCC1C2. The normalized spacial score (nSPS) is 34.3. The molecule has 1 N–H and O–H groups in total. The van der Waals surface area contributed by atoms with Crippen molar-refractivity contribution in [3.63, 3.8) is 0 Å². The van der Waals surface area contributed by atoms with Crippen LogP contribution in [0.25, 0.3) is 0 Å². The molecule has 2 nitrogen and oxygen atoms in total. The van der Waals surface area contributed by atoms with Gasteiger partial charge in [0.05, 0.1) is 11.2 Å². The van der Waals surface area contributed by atoms with Crippen molar-refractivity contribution in [3.05, 3.63) is 16.6 Å². The molecule has 1 heterocycles. The summed E-state index contributed by atoms with van der Waals surface area (Å²) in [4.78, 5) is 4.53. The molecule has 100 valence electrons. The van der Waals surface area contributed by atoms with Gasteiger partial charge >= 0.3 is 0 Å². The fourth-order valence-corrected chi connectivity index (χ4v) is 4.81. The number of hydrogen-bond acceptors (Lipinski definition) is 3. The molecule has 0 saturated heterocycles. The Morgan fingerprint density at radius 1 is 1.50 bits per heavy atom. The molecule has 0 spiro atoms. The number of nitrogens with one attached hydrogen (secondary N) is 1. The van der Waals surface area contributed by atoms with Gasteiger partial charge in [0.1, 0.15) is 0 Å². The topological polar surface area (TPSA) is 24.9 Å². The molecule has 0 amide bonds. The zero-order chi connectivity index (χ0) is 12.4. The Kier molecular flexibility index (Phi) is 3.71. The average molecular weight is 264 g/mol. The molecule has 1 aromatic heterocycles. The summed E-state index contributed by atoms with van der Waals surface area (Å²) in [7, 11) is 0. The molecule has 0 aromatic carbocycles. The molecule has 2 aliphatic carbocycles. The third-order valence-electron chi connectivity index (χ3n) is 5.02. The smallest absolute Gasteiger partial charge is 0.0794 e. The van der Waals surface area contributed by atoms with E-state index in [0.29, 0.717) is 5.41 Å². The van der Waals surface area contributed by atoms with E-state index in [9.17, 15) is 0 Å². The van der Waals surface area contributed by atoms with Crippen molar-refractivity contribution in [3.8, 4) is 0 Å². The summed E-state index contributed by atoms with van der Waals surface area (Å²) in [5.74, 6) is 1.96. The Morgan fingerprint density at radius 2 is 2.44 bits per heavy atom. The number of fused-ring (bicyclic) bond motifs is 2. The molecule has 1 aromatic rings. The van der Waals surface area contributed by atoms with Gasteiger partial charge in [0.2, 0.25) is 0 Å². The third kappa shape index (κ3) is 2.35. The van der Waals surface area contributed by atoms with Crippen LogP contribution in [-0.2, 0) is 6.42 Å². The molecule has 3 rings (SSSR count). The van der Waals surface area contributed by atoms with Gasteiger partial charge in [-0.3, -0.25) is 0 Å². The standard InChI is InChI=1S/C15H24N2S/c1-2-5-16-10-15(8-14-9-18-11-17-14)7-12-3-4-13(15)6-12/h9,11-13,16H,2-8,10H2,1H3. The summed E-state index contributed by atoms with van der Waals surface area (Å²) >= 11 is 1.74. The Balaban J connectivity index is 1.71. The monoisotopic (exact) mass is 264 g/mol. The van der Waals surface area contributed by atoms with E-state index in [2.05, 4.69) is 22.6 Å². The van der Waals surface area contributed by atoms with Crippen LogP contribution in [0.15, 0.2) is 10.9 Å². The molecular formula is C15H24N2S. The fourth-order valence-electron chi connectivity index (χ4n) is 4.25. The van der Waals surface area contributed by atoms with E-state index in [4.69, 9.17) is 0 Å². The molecule has 0 aliphatic heterocycles. The second-order valence-electron chi connectivity index (χ2n) is 6.28. The first-order valence-corrected chi connectivity index (χ1v) is 8.34. The molecular weight excluding hydrogens is 240 g/mol. The summed E-state index contributed by atoms with van der Waals surface area (Å²) in [5, 5.41) is 5.93. The molecule has 3 heteroatoms. The first-order chi connectivity index (χ1) is 8.82. The maximum atomic E-state index is 4.53. The van der Waals surface area contributed by atoms with Crippen molar-refractivity contribution in [1.82, 2.24) is 10.3 Å². The Bertz CT molecular complexity index is 376. The first kappa shape index (κ1) is 12.6. The lowest BCUT2D eigenvalue weighted by molar-refractivity contribution is 0.155. The van der Waals surface area contributed by atoms with Crippen LogP contribution in [-0.4, -0.2) is 18.1 Å². The summed E-state index contributed by atoms with van der Waals surface area (Å²) in [5.41, 5.74) is 3.83. The minimum absolute atomic E-state index is 0.520. The highest BCUT2D eigenvalue weighted by atomic mass is 32.1. The molecule has 3 atom stereocenters. The van der Waals surface area contributed by atoms with Crippen LogP contribution in [0.1, 0.15) is 44.7 Å². The molecule has 2 aliphatic rings. The number of thiazole rings is 1. The molecule has 18 heavy (non-hydrogen) atoms. The van der Waals surface area contributed by atoms with E-state index in [1.165, 1.54) is 50.8 Å². The zero-order valence-electron chi connectivity index (χ0n) is 11.3. The van der Waals surface area contributed by atoms with Gasteiger partial charge in [-0.05, 0) is 55.9 Å². The van der Waals surface area contributed by atoms with Gasteiger partial charge in [-0.15, -0.1) is 11.3 Å². The number of hydrogen-bond donors (Lipinski definition) is 1. The van der Waals surface area contributed by atoms with E-state index in [1.807, 2.05) is 5.51 Å². The van der Waals surface area contributed by atoms with E-state index >= 15 is 0 Å². The van der Waals surface area contributed by atoms with E-state index in [1.54, 1.807) is 11.3 Å². The molecule has 2 bridgehead atoms. The number of nitrogens with zero attached hydrogens (tertiary/aromatic N) is 1. The van der Waals surface area contributed by atoms with Gasteiger partial charge in [-0.25, -0.2) is 4.98 Å². The van der Waals surface area contributed by atoms with Crippen molar-refractivity contribution in [2.75, 3.05) is 13.1 Å². The van der Waals surface area contributed by atoms with Crippen LogP contribution in [0.3, 0.4) is 0 Å². The van der Waals surface area contributed by atoms with Gasteiger partial charge in [-0.2, -0.15) is 0 Å². The van der Waals surface area contributed by atoms with Crippen LogP contribution in [0.4, 0.5) is 0 Å². The zero-order valence-corrected chi connectivity index (χ0v) is 12.1. The van der Waals surface area contributed by atoms with Gasteiger partial charge in [0.25, 0.3) is 0 Å². The van der Waals surface area contributed by atoms with Crippen molar-refractivity contribution < 1.29 is 0 Å². The maximum Gasteiger partial charge on any atom is 0.0794 e. The van der Waals surface area contributed by atoms with Crippen molar-refractivity contribution in [1.29, 1.82) is 0 Å². The highest BCUT2D eigenvalue weighted by Gasteiger charge is 2.50. The minimum atomic E-state index is 0.520. The molecule has 2 fully saturated rings. The minimum Gasteiger partial charge on any atom is -0.316 e. The van der Waals surface area contributed by atoms with Crippen molar-refractivity contribution >= 4 is 11.3 Å². The molecule has 3 unspecified atom stereocenters. The van der Waals surface area contributed by atoms with Gasteiger partial charge in [-0.1, -0.05) is 13.3 Å². The Morgan fingerprint density at radius 3 is 3.06 bits per heavy atom. The number of rotatable bonds is 6. The van der Waals surface area contributed by atoms with E-state index in [0.717, 1.165) is 18.4 Å². The second-order valence-corrected chi connectivity index (χ2v) is 6.99. The van der Waals surface area contributed by atoms with Crippen LogP contribution in [0.5, 0.6) is 0 Å². The largest absolute Gasteiger partial charge is 0.316 e. The lowest BCUT2D eigenvalue weighted by atomic mass is 9.70. The predicted octanol–water partition coefficient (Wildman–Crippen LogP) is 3.49. The lowest BCUT2D eigenvalue weighted by Gasteiger charge is -2.38. The quantitative estimate of drug-likeness (QED) is 0.796. The first-order valence-electron chi connectivity index (χ1n) is 7.40. The van der Waals surface area contributed by atoms with E-state index in [-0.39, 0.29) is 0 Å². The highest BCUT2D eigenvalue weighted by Crippen LogP contribution is 2.57. The average Bonchev–Trinajstić information content (AvgIpc) is 3.06.